The lowest BCUT2D eigenvalue weighted by atomic mass is 9.95. The fourth-order valence-electron chi connectivity index (χ4n) is 4.69. The fourth-order valence-corrected chi connectivity index (χ4v) is 4.69. The summed E-state index contributed by atoms with van der Waals surface area (Å²) in [5.41, 5.74) is 6.62. The third kappa shape index (κ3) is 2.57. The molecule has 0 bridgehead atoms. The van der Waals surface area contributed by atoms with Gasteiger partial charge >= 0.3 is 0 Å². The summed E-state index contributed by atoms with van der Waals surface area (Å²) in [5, 5.41) is 0. The van der Waals surface area contributed by atoms with Gasteiger partial charge in [0.05, 0.1) is 11.7 Å². The summed E-state index contributed by atoms with van der Waals surface area (Å²) >= 11 is 0. The van der Waals surface area contributed by atoms with E-state index in [1.54, 1.807) is 0 Å². The first-order valence-corrected chi connectivity index (χ1v) is 8.27. The molecule has 3 aliphatic rings. The Morgan fingerprint density at radius 1 is 1.05 bits per heavy atom. The second-order valence-electron chi connectivity index (χ2n) is 7.18. The Balaban J connectivity index is 1.56. The Morgan fingerprint density at radius 3 is 2.32 bits per heavy atom. The van der Waals surface area contributed by atoms with Gasteiger partial charge in [0, 0.05) is 18.6 Å². The van der Waals surface area contributed by atoms with Crippen LogP contribution in [0.5, 0.6) is 0 Å². The van der Waals surface area contributed by atoms with Crippen LogP contribution in [0.25, 0.3) is 0 Å². The van der Waals surface area contributed by atoms with Gasteiger partial charge in [-0.25, -0.2) is 0 Å². The molecule has 110 valence electrons. The molecule has 0 aromatic carbocycles. The summed E-state index contributed by atoms with van der Waals surface area (Å²) in [6, 6.07) is 0. The van der Waals surface area contributed by atoms with Gasteiger partial charge in [-0.15, -0.1) is 0 Å². The molecule has 1 atom stereocenters. The fraction of sp³-hybridized carbons (Fsp3) is 1.00. The van der Waals surface area contributed by atoms with Crippen LogP contribution in [0.1, 0.15) is 64.2 Å². The van der Waals surface area contributed by atoms with Crippen LogP contribution in [0.3, 0.4) is 0 Å². The van der Waals surface area contributed by atoms with Crippen molar-refractivity contribution in [1.82, 2.24) is 4.90 Å². The van der Waals surface area contributed by atoms with Gasteiger partial charge in [0.25, 0.3) is 0 Å². The molecule has 3 fully saturated rings. The van der Waals surface area contributed by atoms with Crippen molar-refractivity contribution in [3.8, 4) is 0 Å². The highest BCUT2D eigenvalue weighted by atomic mass is 16.5. The lowest BCUT2D eigenvalue weighted by Crippen LogP contribution is -2.52. The Morgan fingerprint density at radius 2 is 1.68 bits per heavy atom. The molecule has 2 aliphatic carbocycles. The van der Waals surface area contributed by atoms with Crippen molar-refractivity contribution >= 4 is 0 Å². The summed E-state index contributed by atoms with van der Waals surface area (Å²) < 4.78 is 6.45. The van der Waals surface area contributed by atoms with E-state index in [1.807, 2.05) is 0 Å². The molecule has 0 radical (unpaired) electrons. The molecule has 2 saturated carbocycles. The number of rotatable bonds is 4. The van der Waals surface area contributed by atoms with Gasteiger partial charge in [-0.1, -0.05) is 25.7 Å². The zero-order valence-corrected chi connectivity index (χ0v) is 12.5. The summed E-state index contributed by atoms with van der Waals surface area (Å²) in [5.74, 6) is 0. The van der Waals surface area contributed by atoms with Crippen molar-refractivity contribution in [2.24, 2.45) is 5.73 Å². The number of likely N-dealkylation sites (N-methyl/N-ethyl adjacent to an activating group) is 1. The zero-order chi connectivity index (χ0) is 13.3. The van der Waals surface area contributed by atoms with Gasteiger partial charge in [-0.05, 0) is 45.6 Å². The summed E-state index contributed by atoms with van der Waals surface area (Å²) in [4.78, 5) is 2.53. The monoisotopic (exact) mass is 266 g/mol. The van der Waals surface area contributed by atoms with Gasteiger partial charge in [-0.2, -0.15) is 0 Å². The Kier molecular flexibility index (Phi) is 3.89. The van der Waals surface area contributed by atoms with Crippen LogP contribution in [0.4, 0.5) is 0 Å². The van der Waals surface area contributed by atoms with Gasteiger partial charge < -0.3 is 10.5 Å². The third-order valence-electron chi connectivity index (χ3n) is 6.05. The normalized spacial score (nSPS) is 32.7. The Labute approximate surface area is 117 Å². The highest BCUT2D eigenvalue weighted by molar-refractivity contribution is 4.98. The van der Waals surface area contributed by atoms with Crippen LogP contribution in [-0.2, 0) is 4.74 Å². The number of ether oxygens (including phenoxy) is 1. The van der Waals surface area contributed by atoms with E-state index in [2.05, 4.69) is 11.9 Å². The molecule has 19 heavy (non-hydrogen) atoms. The number of hydrogen-bond acceptors (Lipinski definition) is 3. The lowest BCUT2D eigenvalue weighted by Gasteiger charge is -2.39. The molecule has 1 spiro atoms. The topological polar surface area (TPSA) is 38.5 Å². The van der Waals surface area contributed by atoms with Crippen LogP contribution < -0.4 is 5.73 Å². The summed E-state index contributed by atoms with van der Waals surface area (Å²) in [6.45, 7) is 1.89. The first-order valence-electron chi connectivity index (χ1n) is 8.27. The molecular formula is C16H30N2O. The first kappa shape index (κ1) is 13.8. The Bertz CT molecular complexity index is 306. The minimum Gasteiger partial charge on any atom is -0.370 e. The van der Waals surface area contributed by atoms with E-state index in [1.165, 1.54) is 64.2 Å². The number of nitrogens with zero attached hydrogens (tertiary/aromatic N) is 1. The Hall–Kier alpha value is -0.120. The molecule has 3 nitrogen and oxygen atoms in total. The van der Waals surface area contributed by atoms with Gasteiger partial charge in [-0.3, -0.25) is 4.90 Å². The van der Waals surface area contributed by atoms with Gasteiger partial charge in [0.1, 0.15) is 0 Å². The smallest absolute Gasteiger partial charge is 0.0710 e. The predicted molar refractivity (Wildman–Crippen MR) is 78.2 cm³/mol. The summed E-state index contributed by atoms with van der Waals surface area (Å²) in [6.07, 6.45) is 13.6. The SMILES string of the molecule is CN(CC1CCC2(CCCC2)O1)C1(CN)CCCC1. The maximum Gasteiger partial charge on any atom is 0.0710 e. The first-order chi connectivity index (χ1) is 9.18. The summed E-state index contributed by atoms with van der Waals surface area (Å²) in [7, 11) is 2.27. The van der Waals surface area contributed by atoms with E-state index in [0.717, 1.165) is 13.1 Å². The average Bonchev–Trinajstić information content (AvgIpc) is 3.13. The molecule has 0 aromatic rings. The van der Waals surface area contributed by atoms with Crippen molar-refractivity contribution in [2.75, 3.05) is 20.1 Å². The highest BCUT2D eigenvalue weighted by Crippen LogP contribution is 2.44. The van der Waals surface area contributed by atoms with Crippen LogP contribution >= 0.6 is 0 Å². The minimum atomic E-state index is 0.273. The molecule has 1 unspecified atom stereocenters. The molecule has 1 aliphatic heterocycles. The van der Waals surface area contributed by atoms with E-state index in [9.17, 15) is 0 Å². The van der Waals surface area contributed by atoms with Gasteiger partial charge in [0.15, 0.2) is 0 Å². The highest BCUT2D eigenvalue weighted by Gasteiger charge is 2.44. The van der Waals surface area contributed by atoms with Crippen LogP contribution in [0, 0.1) is 0 Å². The molecule has 1 saturated heterocycles. The largest absolute Gasteiger partial charge is 0.370 e. The number of nitrogens with two attached hydrogens (primary N) is 1. The molecule has 2 N–H and O–H groups in total. The predicted octanol–water partition coefficient (Wildman–Crippen LogP) is 2.68. The quantitative estimate of drug-likeness (QED) is 0.850. The zero-order valence-electron chi connectivity index (χ0n) is 12.5. The molecule has 0 amide bonds. The van der Waals surface area contributed by atoms with E-state index in [4.69, 9.17) is 10.5 Å². The third-order valence-corrected chi connectivity index (χ3v) is 6.05. The standard InChI is InChI=1S/C16H30N2O/c1-18(15(13-17)7-2-3-8-15)12-14-6-11-16(19-14)9-4-5-10-16/h14H,2-13,17H2,1H3. The van der Waals surface area contributed by atoms with Crippen LogP contribution in [0.2, 0.25) is 0 Å². The van der Waals surface area contributed by atoms with Crippen molar-refractivity contribution in [2.45, 2.75) is 81.5 Å². The van der Waals surface area contributed by atoms with E-state index in [-0.39, 0.29) is 11.1 Å². The molecule has 0 aromatic heterocycles. The van der Waals surface area contributed by atoms with E-state index in [0.29, 0.717) is 6.10 Å². The van der Waals surface area contributed by atoms with Crippen molar-refractivity contribution in [3.63, 3.8) is 0 Å². The number of hydrogen-bond donors (Lipinski definition) is 1. The maximum atomic E-state index is 6.45. The van der Waals surface area contributed by atoms with Crippen molar-refractivity contribution < 1.29 is 4.74 Å². The van der Waals surface area contributed by atoms with Gasteiger partial charge in [0.2, 0.25) is 0 Å². The second kappa shape index (κ2) is 5.34. The van der Waals surface area contributed by atoms with Crippen LogP contribution in [0.15, 0.2) is 0 Å². The maximum absolute atomic E-state index is 6.45. The molecule has 3 rings (SSSR count). The van der Waals surface area contributed by atoms with E-state index >= 15 is 0 Å². The molecule has 1 heterocycles. The van der Waals surface area contributed by atoms with Crippen molar-refractivity contribution in [3.05, 3.63) is 0 Å². The average molecular weight is 266 g/mol. The second-order valence-corrected chi connectivity index (χ2v) is 7.18. The molecular weight excluding hydrogens is 236 g/mol. The van der Waals surface area contributed by atoms with Crippen molar-refractivity contribution in [1.29, 1.82) is 0 Å². The lowest BCUT2D eigenvalue weighted by molar-refractivity contribution is -0.0552. The van der Waals surface area contributed by atoms with Crippen LogP contribution in [-0.4, -0.2) is 42.3 Å². The molecule has 3 heteroatoms. The van der Waals surface area contributed by atoms with E-state index < -0.39 is 0 Å². The minimum absolute atomic E-state index is 0.273.